The molecular weight excluding hydrogens is 339 g/mol. The summed E-state index contributed by atoms with van der Waals surface area (Å²) in [6.07, 6.45) is -4.22. The maximum atomic E-state index is 12.9. The molecule has 1 heterocycles. The predicted octanol–water partition coefficient (Wildman–Crippen LogP) is 2.61. The van der Waals surface area contributed by atoms with Crippen LogP contribution in [0.3, 0.4) is 0 Å². The van der Waals surface area contributed by atoms with Crippen molar-refractivity contribution < 1.29 is 27.6 Å². The first-order valence-corrected chi connectivity index (χ1v) is 7.67. The number of carbonyl (C=O) groups is 3. The minimum absolute atomic E-state index is 0.154. The lowest BCUT2D eigenvalue weighted by Gasteiger charge is -2.16. The Morgan fingerprint density at radius 1 is 1.28 bits per heavy atom. The Balaban J connectivity index is 2.06. The number of alkyl halides is 3. The summed E-state index contributed by atoms with van der Waals surface area (Å²) in [5.74, 6) is -1.29. The van der Waals surface area contributed by atoms with E-state index >= 15 is 0 Å². The summed E-state index contributed by atoms with van der Waals surface area (Å²) in [5, 5.41) is 4.58. The van der Waals surface area contributed by atoms with E-state index in [-0.39, 0.29) is 5.92 Å². The first-order chi connectivity index (χ1) is 11.6. The van der Waals surface area contributed by atoms with Gasteiger partial charge in [0.1, 0.15) is 12.6 Å². The smallest absolute Gasteiger partial charge is 0.326 e. The minimum Gasteiger partial charge on any atom is -0.326 e. The highest BCUT2D eigenvalue weighted by atomic mass is 19.4. The van der Waals surface area contributed by atoms with Crippen LogP contribution in [-0.4, -0.2) is 35.3 Å². The molecule has 1 saturated heterocycles. The van der Waals surface area contributed by atoms with Gasteiger partial charge in [-0.3, -0.25) is 14.5 Å². The summed E-state index contributed by atoms with van der Waals surface area (Å²) in [4.78, 5) is 36.7. The van der Waals surface area contributed by atoms with E-state index in [2.05, 4.69) is 10.6 Å². The topological polar surface area (TPSA) is 78.5 Å². The lowest BCUT2D eigenvalue weighted by molar-refractivity contribution is -0.137. The number of rotatable bonds is 5. The molecule has 1 aromatic carbocycles. The lowest BCUT2D eigenvalue weighted by atomic mass is 10.0. The average Bonchev–Trinajstić information content (AvgIpc) is 2.73. The number of amides is 4. The normalized spacial score (nSPS) is 17.8. The highest BCUT2D eigenvalue weighted by molar-refractivity contribution is 6.08. The van der Waals surface area contributed by atoms with E-state index in [0.29, 0.717) is 11.3 Å². The van der Waals surface area contributed by atoms with Gasteiger partial charge in [0, 0.05) is 0 Å². The molecule has 0 aliphatic carbocycles. The van der Waals surface area contributed by atoms with Crippen LogP contribution < -0.4 is 10.6 Å². The second-order valence-corrected chi connectivity index (χ2v) is 6.15. The summed E-state index contributed by atoms with van der Waals surface area (Å²) < 4.78 is 38.8. The Hall–Kier alpha value is -2.58. The molecule has 4 amide bonds. The van der Waals surface area contributed by atoms with Crippen LogP contribution in [-0.2, 0) is 15.8 Å². The maximum Gasteiger partial charge on any atom is 0.418 e. The summed E-state index contributed by atoms with van der Waals surface area (Å²) >= 11 is 0. The van der Waals surface area contributed by atoms with Crippen molar-refractivity contribution in [2.45, 2.75) is 32.5 Å². The zero-order chi connectivity index (χ0) is 18.8. The monoisotopic (exact) mass is 357 g/mol. The molecule has 136 valence electrons. The zero-order valence-corrected chi connectivity index (χ0v) is 13.7. The van der Waals surface area contributed by atoms with Crippen LogP contribution >= 0.6 is 0 Å². The number of nitrogens with zero attached hydrogens (tertiary/aromatic N) is 1. The van der Waals surface area contributed by atoms with Gasteiger partial charge < -0.3 is 10.6 Å². The molecule has 0 unspecified atom stereocenters. The van der Waals surface area contributed by atoms with Crippen LogP contribution in [0, 0.1) is 5.92 Å². The van der Waals surface area contributed by atoms with Crippen LogP contribution in [0.15, 0.2) is 24.3 Å². The van der Waals surface area contributed by atoms with E-state index in [1.54, 1.807) is 0 Å². The van der Waals surface area contributed by atoms with Gasteiger partial charge in [-0.05, 0) is 24.5 Å². The van der Waals surface area contributed by atoms with Crippen LogP contribution in [0.1, 0.15) is 25.8 Å². The number of para-hydroxylation sites is 1. The number of imide groups is 1. The van der Waals surface area contributed by atoms with Crippen molar-refractivity contribution in [1.82, 2.24) is 10.2 Å². The van der Waals surface area contributed by atoms with Crippen LogP contribution in [0.25, 0.3) is 0 Å². The molecule has 1 aliphatic heterocycles. The number of nitrogens with one attached hydrogen (secondary N) is 2. The van der Waals surface area contributed by atoms with Crippen LogP contribution in [0.5, 0.6) is 0 Å². The summed E-state index contributed by atoms with van der Waals surface area (Å²) in [5.41, 5.74) is -1.43. The fraction of sp³-hybridized carbons (Fsp3) is 0.438. The van der Waals surface area contributed by atoms with Crippen molar-refractivity contribution in [2.24, 2.45) is 5.92 Å². The van der Waals surface area contributed by atoms with E-state index in [1.165, 1.54) is 12.1 Å². The van der Waals surface area contributed by atoms with Crippen LogP contribution in [0.4, 0.5) is 23.7 Å². The molecule has 25 heavy (non-hydrogen) atoms. The Bertz CT molecular complexity index is 689. The molecule has 1 aromatic rings. The van der Waals surface area contributed by atoms with Gasteiger partial charge in [0.15, 0.2) is 0 Å². The van der Waals surface area contributed by atoms with Crippen molar-refractivity contribution in [3.05, 3.63) is 29.8 Å². The third-order valence-electron chi connectivity index (χ3n) is 3.62. The number of halogens is 3. The third-order valence-corrected chi connectivity index (χ3v) is 3.62. The average molecular weight is 357 g/mol. The predicted molar refractivity (Wildman–Crippen MR) is 83.6 cm³/mol. The SMILES string of the molecule is CC(C)C[C@H]1NC(=O)N(CC(=O)Nc2ccccc2C(F)(F)F)C1=O. The van der Waals surface area contributed by atoms with Gasteiger partial charge in [-0.25, -0.2) is 4.79 Å². The molecule has 2 rings (SSSR count). The second-order valence-electron chi connectivity index (χ2n) is 6.15. The molecule has 0 radical (unpaired) electrons. The Morgan fingerprint density at radius 2 is 1.92 bits per heavy atom. The van der Waals surface area contributed by atoms with Crippen LogP contribution in [0.2, 0.25) is 0 Å². The van der Waals surface area contributed by atoms with Gasteiger partial charge in [-0.2, -0.15) is 13.2 Å². The number of carbonyl (C=O) groups excluding carboxylic acids is 3. The Labute approximate surface area is 142 Å². The molecule has 0 spiro atoms. The zero-order valence-electron chi connectivity index (χ0n) is 13.7. The fourth-order valence-corrected chi connectivity index (χ4v) is 2.53. The van der Waals surface area contributed by atoms with E-state index in [4.69, 9.17) is 0 Å². The van der Waals surface area contributed by atoms with E-state index in [9.17, 15) is 27.6 Å². The molecule has 9 heteroatoms. The standard InChI is InChI=1S/C16H18F3N3O3/c1-9(2)7-12-14(24)22(15(25)21-12)8-13(23)20-11-6-4-3-5-10(11)16(17,18)19/h3-6,9,12H,7-8H2,1-2H3,(H,20,23)(H,21,25)/t12-/m1/s1. The van der Waals surface area contributed by atoms with Gasteiger partial charge in [0.25, 0.3) is 5.91 Å². The molecule has 1 atom stereocenters. The van der Waals surface area contributed by atoms with Gasteiger partial charge in [0.05, 0.1) is 11.3 Å². The van der Waals surface area contributed by atoms with E-state index < -0.39 is 47.9 Å². The second kappa shape index (κ2) is 7.12. The summed E-state index contributed by atoms with van der Waals surface area (Å²) in [6.45, 7) is 3.11. The fourth-order valence-electron chi connectivity index (χ4n) is 2.53. The third kappa shape index (κ3) is 4.49. The van der Waals surface area contributed by atoms with Crippen molar-refractivity contribution in [3.8, 4) is 0 Å². The molecule has 0 bridgehead atoms. The van der Waals surface area contributed by atoms with Gasteiger partial charge >= 0.3 is 12.2 Å². The van der Waals surface area contributed by atoms with Gasteiger partial charge in [-0.1, -0.05) is 26.0 Å². The van der Waals surface area contributed by atoms with E-state index in [0.717, 1.165) is 12.1 Å². The first kappa shape index (κ1) is 18.8. The maximum absolute atomic E-state index is 12.9. The molecule has 0 saturated carbocycles. The van der Waals surface area contributed by atoms with Crippen molar-refractivity contribution in [2.75, 3.05) is 11.9 Å². The highest BCUT2D eigenvalue weighted by Gasteiger charge is 2.39. The largest absolute Gasteiger partial charge is 0.418 e. The molecule has 6 nitrogen and oxygen atoms in total. The number of urea groups is 1. The number of anilines is 1. The van der Waals surface area contributed by atoms with Crippen molar-refractivity contribution in [3.63, 3.8) is 0 Å². The minimum atomic E-state index is -4.63. The molecule has 1 aliphatic rings. The number of benzene rings is 1. The Morgan fingerprint density at radius 3 is 2.52 bits per heavy atom. The first-order valence-electron chi connectivity index (χ1n) is 7.67. The number of hydrogen-bond acceptors (Lipinski definition) is 3. The molecule has 0 aromatic heterocycles. The van der Waals surface area contributed by atoms with Crippen molar-refractivity contribution in [1.29, 1.82) is 0 Å². The van der Waals surface area contributed by atoms with Gasteiger partial charge in [0.2, 0.25) is 5.91 Å². The van der Waals surface area contributed by atoms with Crippen molar-refractivity contribution >= 4 is 23.5 Å². The summed E-state index contributed by atoms with van der Waals surface area (Å²) in [7, 11) is 0. The molecule has 2 N–H and O–H groups in total. The van der Waals surface area contributed by atoms with Gasteiger partial charge in [-0.15, -0.1) is 0 Å². The molecular formula is C16H18F3N3O3. The number of hydrogen-bond donors (Lipinski definition) is 2. The summed E-state index contributed by atoms with van der Waals surface area (Å²) in [6, 6.07) is 3.04. The lowest BCUT2D eigenvalue weighted by Crippen LogP contribution is -2.38. The molecule has 1 fully saturated rings. The van der Waals surface area contributed by atoms with E-state index in [1.807, 2.05) is 13.8 Å². The Kier molecular flexibility index (Phi) is 5.34. The quantitative estimate of drug-likeness (QED) is 0.795. The highest BCUT2D eigenvalue weighted by Crippen LogP contribution is 2.34.